The minimum Gasteiger partial charge on any atom is -0.493 e. The second-order valence-electron chi connectivity index (χ2n) is 9.20. The number of carbonyl (C=O) groups excluding carboxylic acids is 1. The lowest BCUT2D eigenvalue weighted by Gasteiger charge is -2.35. The first-order valence-electron chi connectivity index (χ1n) is 12.5. The summed E-state index contributed by atoms with van der Waals surface area (Å²) in [5, 5.41) is 0.622. The van der Waals surface area contributed by atoms with Crippen molar-refractivity contribution in [1.29, 1.82) is 0 Å². The molecule has 2 aliphatic rings. The van der Waals surface area contributed by atoms with Crippen molar-refractivity contribution in [2.24, 2.45) is 4.99 Å². The predicted molar refractivity (Wildman–Crippen MR) is 142 cm³/mol. The van der Waals surface area contributed by atoms with Gasteiger partial charge in [-0.05, 0) is 47.7 Å². The minimum absolute atomic E-state index is 0.0686. The molecule has 41 heavy (non-hydrogen) atoms. The maximum Gasteiger partial charge on any atom is 0.416 e. The molecule has 1 saturated heterocycles. The van der Waals surface area contributed by atoms with Crippen molar-refractivity contribution in [2.45, 2.75) is 19.0 Å². The number of aliphatic imine (C=N–C) groups is 1. The van der Waals surface area contributed by atoms with Crippen molar-refractivity contribution in [3.05, 3.63) is 63.6 Å². The van der Waals surface area contributed by atoms with E-state index in [1.807, 2.05) is 0 Å². The number of piperazine rings is 1. The molecule has 0 aromatic heterocycles. The Kier molecular flexibility index (Phi) is 9.55. The Balaban J connectivity index is 1.43. The Bertz CT molecular complexity index is 1320. The Morgan fingerprint density at radius 1 is 0.951 bits per heavy atom. The average Bonchev–Trinajstić information content (AvgIpc) is 3.29. The van der Waals surface area contributed by atoms with E-state index in [2.05, 4.69) is 14.8 Å². The second kappa shape index (κ2) is 12.7. The Morgan fingerprint density at radius 2 is 1.68 bits per heavy atom. The van der Waals surface area contributed by atoms with Crippen molar-refractivity contribution in [2.75, 3.05) is 53.6 Å². The molecule has 4 rings (SSSR count). The van der Waals surface area contributed by atoms with Gasteiger partial charge in [-0.2, -0.15) is 31.3 Å². The SMILES string of the molecule is COCCN1CCN(C2=NC(=O)/C(=C\c3ccc(OCc4ccc(C(F)(F)F)cc4C(F)(F)F)c(OC)c3)S2)CC1. The zero-order valence-electron chi connectivity index (χ0n) is 22.1. The van der Waals surface area contributed by atoms with Gasteiger partial charge in [-0.25, -0.2) is 0 Å². The number of ether oxygens (including phenoxy) is 3. The summed E-state index contributed by atoms with van der Waals surface area (Å²) in [7, 11) is 2.99. The van der Waals surface area contributed by atoms with Gasteiger partial charge in [0.05, 0.1) is 29.7 Å². The van der Waals surface area contributed by atoms with E-state index in [0.29, 0.717) is 28.3 Å². The monoisotopic (exact) mass is 603 g/mol. The van der Waals surface area contributed by atoms with E-state index in [0.717, 1.165) is 38.8 Å². The van der Waals surface area contributed by atoms with Crippen molar-refractivity contribution in [3.8, 4) is 11.5 Å². The van der Waals surface area contributed by atoms with E-state index in [1.165, 1.54) is 24.9 Å². The molecule has 0 atom stereocenters. The van der Waals surface area contributed by atoms with Crippen LogP contribution in [0.15, 0.2) is 46.3 Å². The molecule has 0 bridgehead atoms. The highest BCUT2D eigenvalue weighted by atomic mass is 32.2. The van der Waals surface area contributed by atoms with Crippen LogP contribution in [0.5, 0.6) is 11.5 Å². The van der Waals surface area contributed by atoms with E-state index < -0.39 is 35.6 Å². The van der Waals surface area contributed by atoms with Crippen LogP contribution in [0.2, 0.25) is 0 Å². The first kappa shape index (κ1) is 30.7. The molecule has 0 spiro atoms. The maximum atomic E-state index is 13.5. The van der Waals surface area contributed by atoms with Crippen LogP contribution in [0, 0.1) is 0 Å². The van der Waals surface area contributed by atoms with Crippen molar-refractivity contribution >= 4 is 28.9 Å². The van der Waals surface area contributed by atoms with Gasteiger partial charge < -0.3 is 19.1 Å². The number of methoxy groups -OCH3 is 2. The predicted octanol–water partition coefficient (Wildman–Crippen LogP) is 5.55. The minimum atomic E-state index is -5.01. The van der Waals surface area contributed by atoms with E-state index in [9.17, 15) is 31.1 Å². The van der Waals surface area contributed by atoms with Gasteiger partial charge in [0, 0.05) is 45.4 Å². The fourth-order valence-electron chi connectivity index (χ4n) is 4.26. The zero-order chi connectivity index (χ0) is 29.8. The summed E-state index contributed by atoms with van der Waals surface area (Å²) in [6, 6.07) is 5.97. The Morgan fingerprint density at radius 3 is 2.32 bits per heavy atom. The first-order chi connectivity index (χ1) is 19.4. The smallest absolute Gasteiger partial charge is 0.416 e. The Labute approximate surface area is 236 Å². The third-order valence-electron chi connectivity index (χ3n) is 6.47. The van der Waals surface area contributed by atoms with Crippen molar-refractivity contribution in [3.63, 3.8) is 0 Å². The first-order valence-corrected chi connectivity index (χ1v) is 13.3. The topological polar surface area (TPSA) is 63.6 Å². The lowest BCUT2D eigenvalue weighted by Crippen LogP contribution is -2.48. The third-order valence-corrected chi connectivity index (χ3v) is 7.52. The van der Waals surface area contributed by atoms with Gasteiger partial charge >= 0.3 is 12.4 Å². The number of amides is 1. The molecular formula is C27H27F6N3O4S. The number of halogens is 6. The highest BCUT2D eigenvalue weighted by Gasteiger charge is 2.38. The maximum absolute atomic E-state index is 13.5. The van der Waals surface area contributed by atoms with Crippen LogP contribution < -0.4 is 9.47 Å². The highest BCUT2D eigenvalue weighted by molar-refractivity contribution is 8.18. The number of carbonyl (C=O) groups is 1. The molecule has 0 radical (unpaired) electrons. The summed E-state index contributed by atoms with van der Waals surface area (Å²) < 4.78 is 95.2. The van der Waals surface area contributed by atoms with E-state index >= 15 is 0 Å². The van der Waals surface area contributed by atoms with E-state index in [4.69, 9.17) is 14.2 Å². The summed E-state index contributed by atoms with van der Waals surface area (Å²) in [5.74, 6) is -0.131. The van der Waals surface area contributed by atoms with Gasteiger partial charge in [-0.15, -0.1) is 0 Å². The lowest BCUT2D eigenvalue weighted by molar-refractivity contribution is -0.143. The number of nitrogens with zero attached hydrogens (tertiary/aromatic N) is 3. The number of hydrogen-bond acceptors (Lipinski definition) is 7. The molecule has 2 aromatic carbocycles. The van der Waals surface area contributed by atoms with Crippen LogP contribution in [0.1, 0.15) is 22.3 Å². The second-order valence-corrected chi connectivity index (χ2v) is 10.2. The van der Waals surface area contributed by atoms with Gasteiger partial charge in [-0.1, -0.05) is 12.1 Å². The van der Waals surface area contributed by atoms with Gasteiger partial charge in [0.2, 0.25) is 0 Å². The number of thioether (sulfide) groups is 1. The van der Waals surface area contributed by atoms with Gasteiger partial charge in [0.25, 0.3) is 5.91 Å². The lowest BCUT2D eigenvalue weighted by atomic mass is 10.0. The van der Waals surface area contributed by atoms with Crippen LogP contribution in [-0.2, 0) is 28.5 Å². The number of alkyl halides is 6. The van der Waals surface area contributed by atoms with Crippen LogP contribution in [0.3, 0.4) is 0 Å². The molecule has 222 valence electrons. The fraction of sp³-hybridized carbons (Fsp3) is 0.407. The van der Waals surface area contributed by atoms with Crippen LogP contribution in [0.4, 0.5) is 26.3 Å². The quantitative estimate of drug-likeness (QED) is 0.290. The molecule has 0 unspecified atom stereocenters. The zero-order valence-corrected chi connectivity index (χ0v) is 23.0. The molecular weight excluding hydrogens is 576 g/mol. The van der Waals surface area contributed by atoms with Gasteiger partial charge in [0.15, 0.2) is 16.7 Å². The van der Waals surface area contributed by atoms with Gasteiger partial charge in [0.1, 0.15) is 6.61 Å². The number of hydrogen-bond donors (Lipinski definition) is 0. The van der Waals surface area contributed by atoms with Crippen LogP contribution in [-0.4, -0.2) is 74.4 Å². The molecule has 0 aliphatic carbocycles. The number of benzene rings is 2. The van der Waals surface area contributed by atoms with Crippen LogP contribution >= 0.6 is 11.8 Å². The Hall–Kier alpha value is -3.23. The van der Waals surface area contributed by atoms with Crippen LogP contribution in [0.25, 0.3) is 6.08 Å². The summed E-state index contributed by atoms with van der Waals surface area (Å²) in [4.78, 5) is 21.5. The molecule has 2 aliphatic heterocycles. The van der Waals surface area contributed by atoms with Gasteiger partial charge in [-0.3, -0.25) is 9.69 Å². The summed E-state index contributed by atoms with van der Waals surface area (Å²) in [6.07, 6.45) is -8.30. The van der Waals surface area contributed by atoms with E-state index in [1.54, 1.807) is 25.3 Å². The van der Waals surface area contributed by atoms with Crippen molar-refractivity contribution < 1.29 is 45.3 Å². The number of rotatable bonds is 8. The molecule has 2 aromatic rings. The molecule has 0 saturated carbocycles. The average molecular weight is 604 g/mol. The largest absolute Gasteiger partial charge is 0.493 e. The molecule has 7 nitrogen and oxygen atoms in total. The fourth-order valence-corrected chi connectivity index (χ4v) is 5.22. The molecule has 1 amide bonds. The van der Waals surface area contributed by atoms with E-state index in [-0.39, 0.29) is 23.5 Å². The summed E-state index contributed by atoms with van der Waals surface area (Å²) in [5.41, 5.74) is -2.73. The highest BCUT2D eigenvalue weighted by Crippen LogP contribution is 2.39. The number of amidine groups is 1. The molecule has 1 fully saturated rings. The summed E-state index contributed by atoms with van der Waals surface area (Å²) in [6.45, 7) is 3.95. The molecule has 14 heteroatoms. The molecule has 2 heterocycles. The normalized spacial score (nSPS) is 17.8. The standard InChI is InChI=1S/C27H27F6N3O4S/c1-38-12-11-35-7-9-36(10-8-35)25-34-24(37)23(41-25)14-17-3-6-21(22(13-17)39-2)40-16-18-4-5-19(26(28,29)30)15-20(18)27(31,32)33/h3-6,13-15H,7-12,16H2,1-2H3/b23-14+. The third kappa shape index (κ3) is 7.74. The summed E-state index contributed by atoms with van der Waals surface area (Å²) >= 11 is 1.26. The van der Waals surface area contributed by atoms with Crippen molar-refractivity contribution in [1.82, 2.24) is 9.80 Å². The molecule has 0 N–H and O–H groups in total.